The van der Waals surface area contributed by atoms with Crippen LogP contribution in [0.4, 0.5) is 0 Å². The Hall–Kier alpha value is -2.43. The summed E-state index contributed by atoms with van der Waals surface area (Å²) in [6.07, 6.45) is 1.63. The average Bonchev–Trinajstić information content (AvgIpc) is 2.31. The lowest BCUT2D eigenvalue weighted by Crippen LogP contribution is -1.99. The highest BCUT2D eigenvalue weighted by Gasteiger charge is 2.02. The van der Waals surface area contributed by atoms with Crippen LogP contribution < -0.4 is 4.74 Å². The van der Waals surface area contributed by atoms with Crippen molar-refractivity contribution in [2.75, 3.05) is 0 Å². The Balaban J connectivity index is 2.08. The summed E-state index contributed by atoms with van der Waals surface area (Å²) in [7, 11) is 0. The lowest BCUT2D eigenvalue weighted by Gasteiger charge is -2.05. The van der Waals surface area contributed by atoms with E-state index in [4.69, 9.17) is 9.84 Å². The van der Waals surface area contributed by atoms with Gasteiger partial charge in [-0.25, -0.2) is 4.98 Å². The van der Waals surface area contributed by atoms with Crippen LogP contribution in [-0.2, 0) is 11.2 Å². The molecule has 2 aromatic rings. The van der Waals surface area contributed by atoms with Crippen molar-refractivity contribution < 1.29 is 14.6 Å². The predicted octanol–water partition coefficient (Wildman–Crippen LogP) is 2.20. The number of aromatic nitrogens is 2. The molecule has 0 aliphatic rings. The van der Waals surface area contributed by atoms with Crippen LogP contribution in [0, 0.1) is 6.92 Å². The van der Waals surface area contributed by atoms with Crippen molar-refractivity contribution in [2.45, 2.75) is 13.3 Å². The Morgan fingerprint density at radius 1 is 1.28 bits per heavy atom. The Kier molecular flexibility index (Phi) is 3.52. The van der Waals surface area contributed by atoms with E-state index in [1.54, 1.807) is 43.5 Å². The maximum Gasteiger partial charge on any atom is 0.307 e. The van der Waals surface area contributed by atoms with Crippen LogP contribution in [0.5, 0.6) is 11.6 Å². The van der Waals surface area contributed by atoms with Crippen molar-refractivity contribution in [1.29, 1.82) is 0 Å². The van der Waals surface area contributed by atoms with E-state index in [1.807, 2.05) is 0 Å². The summed E-state index contributed by atoms with van der Waals surface area (Å²) in [5.74, 6) is 0.862. The summed E-state index contributed by atoms with van der Waals surface area (Å²) < 4.78 is 5.52. The fraction of sp³-hybridized carbons (Fsp3) is 0.154. The zero-order valence-electron chi connectivity index (χ0n) is 9.83. The Morgan fingerprint density at radius 3 is 2.61 bits per heavy atom. The standard InChI is InChI=1S/C13H12N2O3/c1-9-14-7-6-12(15-9)18-11-4-2-10(3-5-11)8-13(16)17/h2-7H,8H2,1H3,(H,16,17). The van der Waals surface area contributed by atoms with Crippen LogP contribution in [0.15, 0.2) is 36.5 Å². The summed E-state index contributed by atoms with van der Waals surface area (Å²) >= 11 is 0. The topological polar surface area (TPSA) is 72.3 Å². The van der Waals surface area contributed by atoms with Gasteiger partial charge in [-0.1, -0.05) is 12.1 Å². The molecule has 0 aliphatic heterocycles. The second-order valence-corrected chi connectivity index (χ2v) is 3.76. The number of carboxylic acid groups (broad SMARTS) is 1. The zero-order chi connectivity index (χ0) is 13.0. The molecule has 1 aromatic carbocycles. The lowest BCUT2D eigenvalue weighted by atomic mass is 10.1. The first-order valence-corrected chi connectivity index (χ1v) is 5.42. The molecule has 0 atom stereocenters. The van der Waals surface area contributed by atoms with Gasteiger partial charge in [0, 0.05) is 12.3 Å². The van der Waals surface area contributed by atoms with Crippen LogP contribution in [0.2, 0.25) is 0 Å². The number of aliphatic carboxylic acids is 1. The van der Waals surface area contributed by atoms with E-state index < -0.39 is 5.97 Å². The number of carbonyl (C=O) groups is 1. The smallest absolute Gasteiger partial charge is 0.307 e. The first-order valence-electron chi connectivity index (χ1n) is 5.42. The molecule has 0 bridgehead atoms. The summed E-state index contributed by atoms with van der Waals surface area (Å²) in [5, 5.41) is 8.65. The molecule has 0 saturated heterocycles. The fourth-order valence-corrected chi connectivity index (χ4v) is 1.46. The maximum atomic E-state index is 10.5. The van der Waals surface area contributed by atoms with Gasteiger partial charge in [-0.05, 0) is 24.6 Å². The summed E-state index contributed by atoms with van der Waals surface area (Å²) in [5.41, 5.74) is 0.730. The summed E-state index contributed by atoms with van der Waals surface area (Å²) in [6.45, 7) is 1.78. The van der Waals surface area contributed by atoms with Gasteiger partial charge in [-0.2, -0.15) is 4.98 Å². The van der Waals surface area contributed by atoms with Crippen molar-refractivity contribution in [2.24, 2.45) is 0 Å². The van der Waals surface area contributed by atoms with Gasteiger partial charge in [-0.15, -0.1) is 0 Å². The van der Waals surface area contributed by atoms with E-state index >= 15 is 0 Å². The van der Waals surface area contributed by atoms with Gasteiger partial charge in [-0.3, -0.25) is 4.79 Å². The fourth-order valence-electron chi connectivity index (χ4n) is 1.46. The number of hydrogen-bond acceptors (Lipinski definition) is 4. The molecule has 1 aromatic heterocycles. The number of carboxylic acids is 1. The van der Waals surface area contributed by atoms with Gasteiger partial charge in [0.05, 0.1) is 6.42 Å². The maximum absolute atomic E-state index is 10.5. The summed E-state index contributed by atoms with van der Waals surface area (Å²) in [4.78, 5) is 18.6. The Labute approximate surface area is 104 Å². The summed E-state index contributed by atoms with van der Waals surface area (Å²) in [6, 6.07) is 8.54. The van der Waals surface area contributed by atoms with Crippen LogP contribution >= 0.6 is 0 Å². The van der Waals surface area contributed by atoms with E-state index in [-0.39, 0.29) is 6.42 Å². The highest BCUT2D eigenvalue weighted by atomic mass is 16.5. The van der Waals surface area contributed by atoms with Gasteiger partial charge in [0.2, 0.25) is 5.88 Å². The number of rotatable bonds is 4. The Bertz CT molecular complexity index is 552. The molecule has 0 saturated carbocycles. The molecule has 1 N–H and O–H groups in total. The monoisotopic (exact) mass is 244 g/mol. The van der Waals surface area contributed by atoms with Gasteiger partial charge in [0.25, 0.3) is 0 Å². The van der Waals surface area contributed by atoms with Crippen LogP contribution in [0.1, 0.15) is 11.4 Å². The first kappa shape index (κ1) is 12.0. The number of hydrogen-bond donors (Lipinski definition) is 1. The van der Waals surface area contributed by atoms with Crippen LogP contribution in [0.3, 0.4) is 0 Å². The molecule has 0 fully saturated rings. The average molecular weight is 244 g/mol. The lowest BCUT2D eigenvalue weighted by molar-refractivity contribution is -0.136. The molecule has 18 heavy (non-hydrogen) atoms. The highest BCUT2D eigenvalue weighted by Crippen LogP contribution is 2.19. The molecule has 0 aliphatic carbocycles. The van der Waals surface area contributed by atoms with E-state index in [1.165, 1.54) is 0 Å². The van der Waals surface area contributed by atoms with Crippen molar-refractivity contribution in [3.8, 4) is 11.6 Å². The minimum absolute atomic E-state index is 0.00684. The first-order chi connectivity index (χ1) is 8.63. The molecular formula is C13H12N2O3. The van der Waals surface area contributed by atoms with Gasteiger partial charge in [0.15, 0.2) is 0 Å². The second kappa shape index (κ2) is 5.27. The molecule has 0 spiro atoms. The molecular weight excluding hydrogens is 232 g/mol. The third kappa shape index (κ3) is 3.28. The quantitative estimate of drug-likeness (QED) is 0.892. The van der Waals surface area contributed by atoms with E-state index in [0.29, 0.717) is 17.5 Å². The molecule has 0 unspecified atom stereocenters. The minimum atomic E-state index is -0.852. The molecule has 92 valence electrons. The third-order valence-corrected chi connectivity index (χ3v) is 2.25. The number of aryl methyl sites for hydroxylation is 1. The van der Waals surface area contributed by atoms with E-state index in [9.17, 15) is 4.79 Å². The second-order valence-electron chi connectivity index (χ2n) is 3.76. The highest BCUT2D eigenvalue weighted by molar-refractivity contribution is 5.70. The van der Waals surface area contributed by atoms with E-state index in [2.05, 4.69) is 9.97 Å². The van der Waals surface area contributed by atoms with Crippen molar-refractivity contribution in [3.05, 3.63) is 47.9 Å². The number of ether oxygens (including phenoxy) is 1. The van der Waals surface area contributed by atoms with Crippen LogP contribution in [-0.4, -0.2) is 21.0 Å². The normalized spacial score (nSPS) is 10.1. The minimum Gasteiger partial charge on any atom is -0.481 e. The molecule has 5 heteroatoms. The SMILES string of the molecule is Cc1nccc(Oc2ccc(CC(=O)O)cc2)n1. The van der Waals surface area contributed by atoms with E-state index in [0.717, 1.165) is 5.56 Å². The largest absolute Gasteiger partial charge is 0.481 e. The number of nitrogens with zero attached hydrogens (tertiary/aromatic N) is 2. The predicted molar refractivity (Wildman–Crippen MR) is 64.6 cm³/mol. The van der Waals surface area contributed by atoms with Crippen molar-refractivity contribution in [3.63, 3.8) is 0 Å². The molecule has 2 rings (SSSR count). The van der Waals surface area contributed by atoms with Crippen LogP contribution in [0.25, 0.3) is 0 Å². The molecule has 5 nitrogen and oxygen atoms in total. The number of benzene rings is 1. The van der Waals surface area contributed by atoms with Gasteiger partial charge in [0.1, 0.15) is 11.6 Å². The molecule has 0 radical (unpaired) electrons. The van der Waals surface area contributed by atoms with Crippen molar-refractivity contribution in [1.82, 2.24) is 9.97 Å². The van der Waals surface area contributed by atoms with Crippen molar-refractivity contribution >= 4 is 5.97 Å². The molecule has 1 heterocycles. The third-order valence-electron chi connectivity index (χ3n) is 2.25. The van der Waals surface area contributed by atoms with Gasteiger partial charge >= 0.3 is 5.97 Å². The molecule has 0 amide bonds. The zero-order valence-corrected chi connectivity index (χ0v) is 9.83. The Morgan fingerprint density at radius 2 is 2.00 bits per heavy atom. The van der Waals surface area contributed by atoms with Gasteiger partial charge < -0.3 is 9.84 Å².